The molecule has 10 heteroatoms. The summed E-state index contributed by atoms with van der Waals surface area (Å²) in [6, 6.07) is 3.16. The van der Waals surface area contributed by atoms with Crippen LogP contribution in [0.2, 0.25) is 15.1 Å². The number of guanidine groups is 1. The number of aromatic nitrogens is 2. The highest BCUT2D eigenvalue weighted by molar-refractivity contribution is 6.40. The molecule has 2 aromatic rings. The summed E-state index contributed by atoms with van der Waals surface area (Å²) < 4.78 is 10.6. The van der Waals surface area contributed by atoms with Gasteiger partial charge in [0.15, 0.2) is 17.5 Å². The third kappa shape index (κ3) is 6.26. The van der Waals surface area contributed by atoms with E-state index in [2.05, 4.69) is 25.8 Å². The van der Waals surface area contributed by atoms with Crippen molar-refractivity contribution in [3.63, 3.8) is 0 Å². The highest BCUT2D eigenvalue weighted by atomic mass is 35.5. The third-order valence-corrected chi connectivity index (χ3v) is 3.81. The van der Waals surface area contributed by atoms with E-state index in [-0.39, 0.29) is 0 Å². The topological polar surface area (TPSA) is 84.6 Å². The SMILES string of the molecule is CN=C(NCCOc1c(Cl)cc(Cl)cc1Cl)NCCc1nc(C)no1. The highest BCUT2D eigenvalue weighted by Crippen LogP contribution is 2.35. The van der Waals surface area contributed by atoms with Crippen LogP contribution in [-0.4, -0.2) is 42.8 Å². The van der Waals surface area contributed by atoms with Crippen LogP contribution < -0.4 is 15.4 Å². The van der Waals surface area contributed by atoms with E-state index in [1.807, 2.05) is 0 Å². The minimum atomic E-state index is 0.352. The second-order valence-corrected chi connectivity index (χ2v) is 6.21. The number of rotatable bonds is 7. The average Bonchev–Trinajstić information content (AvgIpc) is 2.96. The molecule has 0 amide bonds. The molecule has 0 saturated carbocycles. The van der Waals surface area contributed by atoms with Gasteiger partial charge in [-0.2, -0.15) is 4.98 Å². The largest absolute Gasteiger partial charge is 0.489 e. The van der Waals surface area contributed by atoms with E-state index in [0.717, 1.165) is 0 Å². The first kappa shape index (κ1) is 19.6. The summed E-state index contributed by atoms with van der Waals surface area (Å²) in [6.07, 6.45) is 0.605. The molecule has 0 aliphatic heterocycles. The Labute approximate surface area is 160 Å². The molecule has 0 spiro atoms. The van der Waals surface area contributed by atoms with Crippen molar-refractivity contribution in [1.82, 2.24) is 20.8 Å². The fourth-order valence-electron chi connectivity index (χ4n) is 1.94. The van der Waals surface area contributed by atoms with Gasteiger partial charge in [0.25, 0.3) is 0 Å². The van der Waals surface area contributed by atoms with Gasteiger partial charge in [0.05, 0.1) is 16.6 Å². The molecule has 0 atom stereocenters. The number of hydrogen-bond acceptors (Lipinski definition) is 5. The molecule has 0 aliphatic rings. The maximum atomic E-state index is 6.06. The van der Waals surface area contributed by atoms with Crippen LogP contribution in [0.5, 0.6) is 5.75 Å². The Kier molecular flexibility index (Phi) is 7.61. The lowest BCUT2D eigenvalue weighted by Gasteiger charge is -2.13. The van der Waals surface area contributed by atoms with E-state index < -0.39 is 0 Å². The predicted molar refractivity (Wildman–Crippen MR) is 99.1 cm³/mol. The number of aliphatic imine (C=N–C) groups is 1. The molecule has 0 bridgehead atoms. The van der Waals surface area contributed by atoms with Crippen LogP contribution in [0.1, 0.15) is 11.7 Å². The normalized spacial score (nSPS) is 11.5. The molecule has 0 unspecified atom stereocenters. The lowest BCUT2D eigenvalue weighted by Crippen LogP contribution is -2.40. The molecular formula is C15H18Cl3N5O2. The smallest absolute Gasteiger partial charge is 0.228 e. The third-order valence-electron chi connectivity index (χ3n) is 3.03. The van der Waals surface area contributed by atoms with Crippen LogP contribution in [0, 0.1) is 6.92 Å². The van der Waals surface area contributed by atoms with Gasteiger partial charge in [-0.25, -0.2) is 0 Å². The predicted octanol–water partition coefficient (Wildman–Crippen LogP) is 3.12. The van der Waals surface area contributed by atoms with Gasteiger partial charge in [0.1, 0.15) is 6.61 Å². The maximum absolute atomic E-state index is 6.06. The standard InChI is InChI=1S/C15H18Cl3N5O2/c1-9-22-13(25-23-9)3-4-20-15(19-2)21-5-6-24-14-11(17)7-10(16)8-12(14)18/h7-8H,3-6H2,1-2H3,(H2,19,20,21). The first-order chi connectivity index (χ1) is 12.0. The van der Waals surface area contributed by atoms with Gasteiger partial charge >= 0.3 is 0 Å². The zero-order valence-corrected chi connectivity index (χ0v) is 16.0. The van der Waals surface area contributed by atoms with Crippen molar-refractivity contribution >= 4 is 40.8 Å². The Balaban J connectivity index is 1.71. The van der Waals surface area contributed by atoms with E-state index >= 15 is 0 Å². The van der Waals surface area contributed by atoms with Crippen molar-refractivity contribution in [2.24, 2.45) is 4.99 Å². The molecule has 0 fully saturated rings. The van der Waals surface area contributed by atoms with Crippen LogP contribution >= 0.6 is 34.8 Å². The van der Waals surface area contributed by atoms with E-state index in [4.69, 9.17) is 44.1 Å². The summed E-state index contributed by atoms with van der Waals surface area (Å²) in [5.74, 6) is 2.24. The molecule has 2 N–H and O–H groups in total. The van der Waals surface area contributed by atoms with Crippen LogP contribution in [0.4, 0.5) is 0 Å². The van der Waals surface area contributed by atoms with Gasteiger partial charge in [-0.1, -0.05) is 40.0 Å². The molecule has 0 aliphatic carbocycles. The zero-order valence-electron chi connectivity index (χ0n) is 13.8. The van der Waals surface area contributed by atoms with E-state index in [9.17, 15) is 0 Å². The molecule has 7 nitrogen and oxygen atoms in total. The number of ether oxygens (including phenoxy) is 1. The molecule has 0 radical (unpaired) electrons. The fraction of sp³-hybridized carbons (Fsp3) is 0.400. The summed E-state index contributed by atoms with van der Waals surface area (Å²) in [5, 5.41) is 11.2. The van der Waals surface area contributed by atoms with E-state index in [1.54, 1.807) is 26.1 Å². The van der Waals surface area contributed by atoms with Crippen LogP contribution in [-0.2, 0) is 6.42 Å². The van der Waals surface area contributed by atoms with Crippen molar-refractivity contribution in [2.45, 2.75) is 13.3 Å². The molecule has 2 rings (SSSR count). The second kappa shape index (κ2) is 9.70. The molecule has 1 aromatic carbocycles. The zero-order chi connectivity index (χ0) is 18.2. The van der Waals surface area contributed by atoms with Gasteiger partial charge in [-0.05, 0) is 19.1 Å². The fourth-order valence-corrected chi connectivity index (χ4v) is 2.87. The summed E-state index contributed by atoms with van der Waals surface area (Å²) in [5.41, 5.74) is 0. The van der Waals surface area contributed by atoms with Crippen LogP contribution in [0.3, 0.4) is 0 Å². The van der Waals surface area contributed by atoms with Gasteiger partial charge in [-0.15, -0.1) is 0 Å². The lowest BCUT2D eigenvalue weighted by atomic mass is 10.3. The lowest BCUT2D eigenvalue weighted by molar-refractivity contribution is 0.322. The summed E-state index contributed by atoms with van der Waals surface area (Å²) >= 11 is 18.0. The van der Waals surface area contributed by atoms with Crippen LogP contribution in [0.25, 0.3) is 0 Å². The Hall–Kier alpha value is -1.70. The minimum Gasteiger partial charge on any atom is -0.489 e. The maximum Gasteiger partial charge on any atom is 0.228 e. The monoisotopic (exact) mass is 405 g/mol. The van der Waals surface area contributed by atoms with Crippen molar-refractivity contribution in [2.75, 3.05) is 26.7 Å². The minimum absolute atomic E-state index is 0.352. The van der Waals surface area contributed by atoms with Crippen molar-refractivity contribution in [3.05, 3.63) is 38.9 Å². The second-order valence-electron chi connectivity index (χ2n) is 4.96. The van der Waals surface area contributed by atoms with Crippen molar-refractivity contribution in [1.29, 1.82) is 0 Å². The number of nitrogens with zero attached hydrogens (tertiary/aromatic N) is 3. The Morgan fingerprint density at radius 2 is 1.88 bits per heavy atom. The van der Waals surface area contributed by atoms with Crippen molar-refractivity contribution in [3.8, 4) is 5.75 Å². The Morgan fingerprint density at radius 1 is 1.20 bits per heavy atom. The van der Waals surface area contributed by atoms with Gasteiger partial charge in [-0.3, -0.25) is 4.99 Å². The van der Waals surface area contributed by atoms with Crippen molar-refractivity contribution < 1.29 is 9.26 Å². The first-order valence-electron chi connectivity index (χ1n) is 7.50. The Morgan fingerprint density at radius 3 is 2.48 bits per heavy atom. The summed E-state index contributed by atoms with van der Waals surface area (Å²) in [4.78, 5) is 8.25. The quantitative estimate of drug-likeness (QED) is 0.417. The number of hydrogen-bond donors (Lipinski definition) is 2. The van der Waals surface area contributed by atoms with E-state index in [1.165, 1.54) is 0 Å². The molecule has 1 aromatic heterocycles. The summed E-state index contributed by atoms with van der Waals surface area (Å²) in [6.45, 7) is 3.25. The molecule has 1 heterocycles. The average molecular weight is 407 g/mol. The van der Waals surface area contributed by atoms with Gasteiger partial charge in [0, 0.05) is 25.0 Å². The van der Waals surface area contributed by atoms with Gasteiger partial charge < -0.3 is 19.9 Å². The number of halogens is 3. The number of aryl methyl sites for hydroxylation is 1. The first-order valence-corrected chi connectivity index (χ1v) is 8.64. The highest BCUT2D eigenvalue weighted by Gasteiger charge is 2.09. The molecular weight excluding hydrogens is 389 g/mol. The number of nitrogens with one attached hydrogen (secondary N) is 2. The number of benzene rings is 1. The summed E-state index contributed by atoms with van der Waals surface area (Å²) in [7, 11) is 1.68. The Bertz CT molecular complexity index is 713. The van der Waals surface area contributed by atoms with E-state index in [0.29, 0.717) is 64.6 Å². The van der Waals surface area contributed by atoms with Crippen LogP contribution in [0.15, 0.2) is 21.6 Å². The van der Waals surface area contributed by atoms with Gasteiger partial charge in [0.2, 0.25) is 5.89 Å². The molecule has 0 saturated heterocycles. The molecule has 136 valence electrons. The molecule has 25 heavy (non-hydrogen) atoms.